The fourth-order valence-corrected chi connectivity index (χ4v) is 4.94. The molecule has 1 aliphatic carbocycles. The number of carbonyl (C=O) groups is 1. The topological polar surface area (TPSA) is 36.4 Å². The van der Waals surface area contributed by atoms with E-state index < -0.39 is 5.41 Å². The zero-order valence-electron chi connectivity index (χ0n) is 14.9. The number of thiazole rings is 1. The number of anilines is 1. The summed E-state index contributed by atoms with van der Waals surface area (Å²) < 4.78 is 14.4. The van der Waals surface area contributed by atoms with Crippen LogP contribution >= 0.6 is 11.3 Å². The highest BCUT2D eigenvalue weighted by atomic mass is 32.1. The number of benzene rings is 2. The van der Waals surface area contributed by atoms with Gasteiger partial charge in [-0.2, -0.15) is 0 Å². The summed E-state index contributed by atoms with van der Waals surface area (Å²) in [6.07, 6.45) is 1.71. The number of hydrogen-bond donors (Lipinski definition) is 0. The number of halogens is 1. The summed E-state index contributed by atoms with van der Waals surface area (Å²) in [5.41, 5.74) is 1.55. The maximum atomic E-state index is 13.2. The Bertz CT molecular complexity index is 955. The second-order valence-corrected chi connectivity index (χ2v) is 8.34. The van der Waals surface area contributed by atoms with Crippen LogP contribution in [0.2, 0.25) is 0 Å². The van der Waals surface area contributed by atoms with Crippen LogP contribution in [0.15, 0.2) is 48.5 Å². The normalized spacial score (nSPS) is 18.7. The average Bonchev–Trinajstić information content (AvgIpc) is 3.40. The predicted molar refractivity (Wildman–Crippen MR) is 106 cm³/mol. The van der Waals surface area contributed by atoms with Crippen molar-refractivity contribution in [2.24, 2.45) is 0 Å². The Morgan fingerprint density at radius 2 is 1.70 bits per heavy atom. The maximum absolute atomic E-state index is 13.2. The number of para-hydroxylation sites is 1. The molecular weight excluding hydrogens is 361 g/mol. The van der Waals surface area contributed by atoms with E-state index in [4.69, 9.17) is 4.98 Å². The Morgan fingerprint density at radius 1 is 1.00 bits per heavy atom. The van der Waals surface area contributed by atoms with Crippen molar-refractivity contribution in [3.63, 3.8) is 0 Å². The molecule has 2 heterocycles. The Morgan fingerprint density at radius 3 is 2.37 bits per heavy atom. The van der Waals surface area contributed by atoms with Crippen LogP contribution in [0.4, 0.5) is 9.52 Å². The predicted octanol–water partition coefficient (Wildman–Crippen LogP) is 3.82. The lowest BCUT2D eigenvalue weighted by Crippen LogP contribution is -2.51. The van der Waals surface area contributed by atoms with Gasteiger partial charge < -0.3 is 9.80 Å². The number of hydrogen-bond acceptors (Lipinski definition) is 4. The minimum atomic E-state index is -0.425. The molecule has 138 valence electrons. The van der Waals surface area contributed by atoms with Crippen molar-refractivity contribution in [3.8, 4) is 0 Å². The molecular formula is C21H20FN3OS. The van der Waals surface area contributed by atoms with E-state index in [-0.39, 0.29) is 11.7 Å². The molecule has 6 heteroatoms. The molecule has 2 aromatic carbocycles. The molecule has 1 aliphatic heterocycles. The number of aromatic nitrogens is 1. The van der Waals surface area contributed by atoms with Gasteiger partial charge in [-0.3, -0.25) is 4.79 Å². The SMILES string of the molecule is O=C(N1CCN(c2nc3ccccc3s2)CC1)C1(c2ccc(F)cc2)CC1. The summed E-state index contributed by atoms with van der Waals surface area (Å²) in [5.74, 6) is -0.0653. The molecule has 1 saturated carbocycles. The van der Waals surface area contributed by atoms with Crippen molar-refractivity contribution in [2.75, 3.05) is 31.1 Å². The first-order chi connectivity index (χ1) is 13.2. The first kappa shape index (κ1) is 16.7. The third kappa shape index (κ3) is 2.88. The number of rotatable bonds is 3. The largest absolute Gasteiger partial charge is 0.345 e. The summed E-state index contributed by atoms with van der Waals surface area (Å²) in [5, 5.41) is 1.03. The maximum Gasteiger partial charge on any atom is 0.233 e. The number of nitrogens with zero attached hydrogens (tertiary/aromatic N) is 3. The van der Waals surface area contributed by atoms with Crippen LogP contribution in [-0.4, -0.2) is 42.0 Å². The fraction of sp³-hybridized carbons (Fsp3) is 0.333. The quantitative estimate of drug-likeness (QED) is 0.692. The number of carbonyl (C=O) groups excluding carboxylic acids is 1. The second-order valence-electron chi connectivity index (χ2n) is 7.33. The van der Waals surface area contributed by atoms with Crippen LogP contribution in [-0.2, 0) is 10.2 Å². The summed E-state index contributed by atoms with van der Waals surface area (Å²) >= 11 is 1.71. The van der Waals surface area contributed by atoms with E-state index in [2.05, 4.69) is 11.0 Å². The van der Waals surface area contributed by atoms with Crippen LogP contribution in [0.25, 0.3) is 10.2 Å². The van der Waals surface area contributed by atoms with Crippen LogP contribution in [0.3, 0.4) is 0 Å². The van der Waals surface area contributed by atoms with Gasteiger partial charge in [-0.15, -0.1) is 0 Å². The summed E-state index contributed by atoms with van der Waals surface area (Å²) in [6, 6.07) is 14.6. The Hall–Kier alpha value is -2.47. The molecule has 5 rings (SSSR count). The van der Waals surface area contributed by atoms with Gasteiger partial charge in [-0.05, 0) is 42.7 Å². The molecule has 0 spiro atoms. The third-order valence-electron chi connectivity index (χ3n) is 5.68. The van der Waals surface area contributed by atoms with Crippen molar-refractivity contribution in [2.45, 2.75) is 18.3 Å². The molecule has 0 unspecified atom stereocenters. The lowest BCUT2D eigenvalue weighted by molar-refractivity contribution is -0.134. The van der Waals surface area contributed by atoms with Crippen molar-refractivity contribution in [1.29, 1.82) is 0 Å². The van der Waals surface area contributed by atoms with Crippen molar-refractivity contribution >= 4 is 32.6 Å². The standard InChI is InChI=1S/C21H20FN3OS/c22-16-7-5-15(6-8-16)21(9-10-21)19(26)24-11-13-25(14-12-24)20-23-17-3-1-2-4-18(17)27-20/h1-8H,9-14H2. The van der Waals surface area contributed by atoms with Gasteiger partial charge >= 0.3 is 0 Å². The van der Waals surface area contributed by atoms with E-state index in [1.165, 1.54) is 16.8 Å². The Labute approximate surface area is 161 Å². The van der Waals surface area contributed by atoms with Crippen molar-refractivity contribution in [3.05, 3.63) is 59.9 Å². The van der Waals surface area contributed by atoms with Gasteiger partial charge in [0.2, 0.25) is 5.91 Å². The lowest BCUT2D eigenvalue weighted by atomic mass is 9.94. The van der Waals surface area contributed by atoms with E-state index in [1.807, 2.05) is 23.1 Å². The van der Waals surface area contributed by atoms with Gasteiger partial charge in [0.15, 0.2) is 5.13 Å². The Kier molecular flexibility index (Phi) is 3.90. The van der Waals surface area contributed by atoms with E-state index in [9.17, 15) is 9.18 Å². The molecule has 0 bridgehead atoms. The van der Waals surface area contributed by atoms with Crippen LogP contribution in [0.1, 0.15) is 18.4 Å². The molecule has 1 amide bonds. The number of piperazine rings is 1. The molecule has 2 fully saturated rings. The van der Waals surface area contributed by atoms with E-state index in [0.29, 0.717) is 13.1 Å². The first-order valence-corrected chi connectivity index (χ1v) is 10.1. The minimum Gasteiger partial charge on any atom is -0.345 e. The van der Waals surface area contributed by atoms with Crippen LogP contribution < -0.4 is 4.90 Å². The monoisotopic (exact) mass is 381 g/mol. The van der Waals surface area contributed by atoms with Gasteiger partial charge in [0.25, 0.3) is 0 Å². The highest BCUT2D eigenvalue weighted by Gasteiger charge is 2.53. The Balaban J connectivity index is 1.29. The second kappa shape index (κ2) is 6.30. The molecule has 1 saturated heterocycles. The van der Waals surface area contributed by atoms with E-state index >= 15 is 0 Å². The van der Waals surface area contributed by atoms with E-state index in [1.54, 1.807) is 23.5 Å². The van der Waals surface area contributed by atoms with Crippen molar-refractivity contribution in [1.82, 2.24) is 9.88 Å². The number of amides is 1. The molecule has 0 radical (unpaired) electrons. The lowest BCUT2D eigenvalue weighted by Gasteiger charge is -2.36. The first-order valence-electron chi connectivity index (χ1n) is 9.32. The number of fused-ring (bicyclic) bond motifs is 1. The fourth-order valence-electron chi connectivity index (χ4n) is 3.92. The molecule has 4 nitrogen and oxygen atoms in total. The van der Waals surface area contributed by atoms with Crippen molar-refractivity contribution < 1.29 is 9.18 Å². The van der Waals surface area contributed by atoms with Crippen LogP contribution in [0, 0.1) is 5.82 Å². The summed E-state index contributed by atoms with van der Waals surface area (Å²) in [4.78, 5) is 22.1. The highest BCUT2D eigenvalue weighted by Crippen LogP contribution is 2.49. The molecule has 1 aromatic heterocycles. The highest BCUT2D eigenvalue weighted by molar-refractivity contribution is 7.22. The molecule has 0 N–H and O–H groups in total. The third-order valence-corrected chi connectivity index (χ3v) is 6.77. The molecule has 0 atom stereocenters. The van der Waals surface area contributed by atoms with Gasteiger partial charge in [0.1, 0.15) is 5.82 Å². The molecule has 27 heavy (non-hydrogen) atoms. The molecule has 2 aliphatic rings. The average molecular weight is 381 g/mol. The van der Waals surface area contributed by atoms with Gasteiger partial charge in [-0.25, -0.2) is 9.37 Å². The summed E-state index contributed by atoms with van der Waals surface area (Å²) in [6.45, 7) is 3.01. The van der Waals surface area contributed by atoms with Gasteiger partial charge in [-0.1, -0.05) is 35.6 Å². The molecule has 3 aromatic rings. The zero-order chi connectivity index (χ0) is 18.4. The smallest absolute Gasteiger partial charge is 0.233 e. The van der Waals surface area contributed by atoms with E-state index in [0.717, 1.165) is 42.1 Å². The zero-order valence-corrected chi connectivity index (χ0v) is 15.7. The van der Waals surface area contributed by atoms with Gasteiger partial charge in [0.05, 0.1) is 15.6 Å². The minimum absolute atomic E-state index is 0.193. The van der Waals surface area contributed by atoms with Crippen LogP contribution in [0.5, 0.6) is 0 Å². The van der Waals surface area contributed by atoms with Gasteiger partial charge in [0, 0.05) is 26.2 Å². The summed E-state index contributed by atoms with van der Waals surface area (Å²) in [7, 11) is 0.